The molecule has 1 atom stereocenters. The number of aromatic nitrogens is 1. The number of aliphatic hydroxyl groups is 1. The first-order chi connectivity index (χ1) is 14.0. The summed E-state index contributed by atoms with van der Waals surface area (Å²) in [4.78, 5) is 4.37. The Morgan fingerprint density at radius 2 is 1.86 bits per heavy atom. The number of phenolic OH excluding ortho intramolecular Hbond substituents is 1. The van der Waals surface area contributed by atoms with E-state index in [0.29, 0.717) is 28.0 Å². The lowest BCUT2D eigenvalue weighted by Gasteiger charge is -2.13. The molecule has 2 aliphatic rings. The van der Waals surface area contributed by atoms with Crippen molar-refractivity contribution in [3.63, 3.8) is 0 Å². The van der Waals surface area contributed by atoms with E-state index in [-0.39, 0.29) is 28.0 Å². The minimum absolute atomic E-state index is 0.00185. The number of rotatable bonds is 0. The molecule has 4 nitrogen and oxygen atoms in total. The van der Waals surface area contributed by atoms with E-state index in [1.807, 2.05) is 6.07 Å². The molecule has 0 bridgehead atoms. The highest BCUT2D eigenvalue weighted by molar-refractivity contribution is 6.09. The summed E-state index contributed by atoms with van der Waals surface area (Å²) in [5.41, 5.74) is 3.32. The summed E-state index contributed by atoms with van der Waals surface area (Å²) in [6.45, 7) is 0. The maximum Gasteiger partial charge on any atom is 0.134 e. The van der Waals surface area contributed by atoms with Crippen LogP contribution in [0.2, 0.25) is 0 Å². The van der Waals surface area contributed by atoms with Gasteiger partial charge in [0.25, 0.3) is 0 Å². The Labute approximate surface area is 164 Å². The number of nitrogens with zero attached hydrogens (tertiary/aromatic N) is 2. The topological polar surface area (TPSA) is 77.1 Å². The predicted molar refractivity (Wildman–Crippen MR) is 102 cm³/mol. The SMILES string of the molecule is N#C/C=C1/C(=C2/c3cccnc3-c3c(O)cccc32)C(O)c2cc(F)cc(F)c21. The van der Waals surface area contributed by atoms with Crippen molar-refractivity contribution in [1.82, 2.24) is 4.98 Å². The molecule has 6 heteroatoms. The van der Waals surface area contributed by atoms with Crippen molar-refractivity contribution in [2.45, 2.75) is 6.10 Å². The van der Waals surface area contributed by atoms with Crippen molar-refractivity contribution in [3.8, 4) is 23.1 Å². The van der Waals surface area contributed by atoms with Crippen LogP contribution in [-0.2, 0) is 0 Å². The molecular weight excluding hydrogens is 374 g/mol. The fraction of sp³-hybridized carbons (Fsp3) is 0.0435. The van der Waals surface area contributed by atoms with Gasteiger partial charge in [-0.05, 0) is 34.9 Å². The van der Waals surface area contributed by atoms with Crippen molar-refractivity contribution in [2.24, 2.45) is 0 Å². The van der Waals surface area contributed by atoms with Crippen LogP contribution in [0.1, 0.15) is 28.4 Å². The number of nitriles is 1. The molecule has 2 N–H and O–H groups in total. The van der Waals surface area contributed by atoms with Gasteiger partial charge in [-0.15, -0.1) is 0 Å². The summed E-state index contributed by atoms with van der Waals surface area (Å²) in [5.74, 6) is -1.64. The van der Waals surface area contributed by atoms with Gasteiger partial charge in [0.1, 0.15) is 23.5 Å². The van der Waals surface area contributed by atoms with Gasteiger partial charge in [-0.1, -0.05) is 18.2 Å². The van der Waals surface area contributed by atoms with Gasteiger partial charge in [-0.25, -0.2) is 8.78 Å². The zero-order chi connectivity index (χ0) is 20.3. The second-order valence-corrected chi connectivity index (χ2v) is 6.83. The zero-order valence-electron chi connectivity index (χ0n) is 14.8. The Kier molecular flexibility index (Phi) is 3.63. The third-order valence-electron chi connectivity index (χ3n) is 5.32. The van der Waals surface area contributed by atoms with Crippen LogP contribution in [0.3, 0.4) is 0 Å². The van der Waals surface area contributed by atoms with Crippen LogP contribution >= 0.6 is 0 Å². The number of fused-ring (bicyclic) bond motifs is 4. The number of hydrogen-bond donors (Lipinski definition) is 2. The fourth-order valence-corrected chi connectivity index (χ4v) is 4.26. The van der Waals surface area contributed by atoms with E-state index in [9.17, 15) is 24.3 Å². The Bertz CT molecular complexity index is 1320. The maximum atomic E-state index is 14.6. The van der Waals surface area contributed by atoms with Crippen LogP contribution in [0.15, 0.2) is 60.3 Å². The summed E-state index contributed by atoms with van der Waals surface area (Å²) in [5, 5.41) is 30.8. The van der Waals surface area contributed by atoms with Gasteiger partial charge in [-0.3, -0.25) is 4.98 Å². The normalized spacial score (nSPS) is 20.3. The van der Waals surface area contributed by atoms with Crippen LogP contribution in [0.5, 0.6) is 5.75 Å². The first-order valence-electron chi connectivity index (χ1n) is 8.82. The second kappa shape index (κ2) is 6.09. The number of allylic oxidation sites excluding steroid dienone is 1. The van der Waals surface area contributed by atoms with Crippen LogP contribution < -0.4 is 0 Å². The Morgan fingerprint density at radius 1 is 1.07 bits per heavy atom. The average Bonchev–Trinajstić information content (AvgIpc) is 3.16. The first-order valence-corrected chi connectivity index (χ1v) is 8.82. The molecule has 1 unspecified atom stereocenters. The van der Waals surface area contributed by atoms with E-state index in [2.05, 4.69) is 4.98 Å². The smallest absolute Gasteiger partial charge is 0.134 e. The summed E-state index contributed by atoms with van der Waals surface area (Å²) in [6, 6.07) is 12.1. The summed E-state index contributed by atoms with van der Waals surface area (Å²) >= 11 is 0. The molecule has 0 saturated heterocycles. The molecule has 2 aliphatic carbocycles. The van der Waals surface area contributed by atoms with E-state index in [4.69, 9.17) is 0 Å². The third kappa shape index (κ3) is 2.28. The van der Waals surface area contributed by atoms with Gasteiger partial charge in [0.15, 0.2) is 0 Å². The Balaban J connectivity index is 1.93. The van der Waals surface area contributed by atoms with Gasteiger partial charge in [0, 0.05) is 40.6 Å². The highest BCUT2D eigenvalue weighted by atomic mass is 19.1. The van der Waals surface area contributed by atoms with Crippen LogP contribution in [-0.4, -0.2) is 15.2 Å². The van der Waals surface area contributed by atoms with Crippen LogP contribution in [0.25, 0.3) is 22.4 Å². The molecule has 0 saturated carbocycles. The van der Waals surface area contributed by atoms with Crippen molar-refractivity contribution < 1.29 is 19.0 Å². The van der Waals surface area contributed by atoms with Gasteiger partial charge >= 0.3 is 0 Å². The monoisotopic (exact) mass is 386 g/mol. The summed E-state index contributed by atoms with van der Waals surface area (Å²) in [7, 11) is 0. The number of aromatic hydroxyl groups is 1. The largest absolute Gasteiger partial charge is 0.507 e. The average molecular weight is 386 g/mol. The van der Waals surface area contributed by atoms with Crippen LogP contribution in [0.4, 0.5) is 8.78 Å². The van der Waals surface area contributed by atoms with Gasteiger partial charge in [0.2, 0.25) is 0 Å². The summed E-state index contributed by atoms with van der Waals surface area (Å²) < 4.78 is 28.5. The summed E-state index contributed by atoms with van der Waals surface area (Å²) in [6.07, 6.45) is 1.39. The molecule has 5 rings (SSSR count). The van der Waals surface area contributed by atoms with Gasteiger partial charge < -0.3 is 10.2 Å². The first kappa shape index (κ1) is 17.3. The van der Waals surface area contributed by atoms with E-state index in [0.717, 1.165) is 18.2 Å². The standard InChI is InChI=1S/C23H12F2N2O2/c24-11-9-15-18(16(25)10-11)13(6-7-26)21(23(15)29)19-12-3-1-5-17(28)20(12)22-14(19)4-2-8-27-22/h1-6,8-10,23,28-29H/b13-6+,21-19-. The lowest BCUT2D eigenvalue weighted by atomic mass is 9.92. The van der Waals surface area contributed by atoms with Gasteiger partial charge in [-0.2, -0.15) is 5.26 Å². The predicted octanol–water partition coefficient (Wildman–Crippen LogP) is 4.50. The molecule has 0 aliphatic heterocycles. The van der Waals surface area contributed by atoms with Crippen molar-refractivity contribution in [1.29, 1.82) is 5.26 Å². The van der Waals surface area contributed by atoms with Crippen molar-refractivity contribution in [3.05, 3.63) is 94.2 Å². The van der Waals surface area contributed by atoms with Gasteiger partial charge in [0.05, 0.1) is 17.3 Å². The lowest BCUT2D eigenvalue weighted by molar-refractivity contribution is 0.225. The molecule has 3 aromatic rings. The number of hydrogen-bond acceptors (Lipinski definition) is 4. The molecule has 29 heavy (non-hydrogen) atoms. The number of pyridine rings is 1. The molecule has 140 valence electrons. The highest BCUT2D eigenvalue weighted by Gasteiger charge is 2.39. The molecule has 2 aromatic carbocycles. The second-order valence-electron chi connectivity index (χ2n) is 6.83. The molecular formula is C23H12F2N2O2. The fourth-order valence-electron chi connectivity index (χ4n) is 4.26. The Morgan fingerprint density at radius 3 is 2.66 bits per heavy atom. The molecule has 1 aromatic heterocycles. The van der Waals surface area contributed by atoms with Crippen molar-refractivity contribution >= 4 is 11.1 Å². The maximum absolute atomic E-state index is 14.6. The quantitative estimate of drug-likeness (QED) is 0.436. The molecule has 0 fully saturated rings. The highest BCUT2D eigenvalue weighted by Crippen LogP contribution is 2.55. The lowest BCUT2D eigenvalue weighted by Crippen LogP contribution is -1.99. The Hall–Kier alpha value is -3.82. The van der Waals surface area contributed by atoms with Crippen molar-refractivity contribution in [2.75, 3.05) is 0 Å². The number of halogens is 2. The molecule has 1 heterocycles. The minimum atomic E-state index is -1.34. The third-order valence-corrected chi connectivity index (χ3v) is 5.32. The van der Waals surface area contributed by atoms with E-state index in [1.54, 1.807) is 30.5 Å². The number of benzene rings is 2. The molecule has 0 radical (unpaired) electrons. The zero-order valence-corrected chi connectivity index (χ0v) is 14.8. The van der Waals surface area contributed by atoms with E-state index < -0.39 is 17.7 Å². The van der Waals surface area contributed by atoms with E-state index >= 15 is 0 Å². The van der Waals surface area contributed by atoms with E-state index in [1.165, 1.54) is 6.07 Å². The van der Waals surface area contributed by atoms with Crippen LogP contribution in [0, 0.1) is 23.0 Å². The number of aliphatic hydroxyl groups excluding tert-OH is 1. The molecule has 0 amide bonds. The molecule has 0 spiro atoms. The minimum Gasteiger partial charge on any atom is -0.507 e. The number of phenols is 1.